The van der Waals surface area contributed by atoms with E-state index in [-0.39, 0.29) is 24.0 Å². The molecule has 1 aliphatic heterocycles. The van der Waals surface area contributed by atoms with Crippen LogP contribution < -0.4 is 27.5 Å². The van der Waals surface area contributed by atoms with Crippen molar-refractivity contribution in [2.45, 2.75) is 23.7 Å². The molecule has 10 N–H and O–H groups in total. The fourth-order valence-electron chi connectivity index (χ4n) is 3.50. The number of ether oxygens (including phenoxy) is 1. The Morgan fingerprint density at radius 2 is 1.69 bits per heavy atom. The van der Waals surface area contributed by atoms with E-state index in [1.54, 1.807) is 41.2 Å². The van der Waals surface area contributed by atoms with Gasteiger partial charge in [0.1, 0.15) is 5.25 Å². The highest BCUT2D eigenvalue weighted by Crippen LogP contribution is 2.29. The van der Waals surface area contributed by atoms with Gasteiger partial charge in [-0.25, -0.2) is 4.99 Å². The second-order valence-electron chi connectivity index (χ2n) is 8.13. The second kappa shape index (κ2) is 11.5. The van der Waals surface area contributed by atoms with Gasteiger partial charge in [-0.15, -0.1) is 0 Å². The van der Waals surface area contributed by atoms with E-state index in [9.17, 15) is 30.7 Å². The molecule has 0 spiro atoms. The number of benzene rings is 1. The van der Waals surface area contributed by atoms with Crippen molar-refractivity contribution < 1.29 is 40.0 Å². The number of allylic oxidation sites excluding steroid dienone is 1. The molecule has 3 rings (SSSR count). The molecule has 15 nitrogen and oxygen atoms in total. The lowest BCUT2D eigenvalue weighted by Gasteiger charge is -2.25. The van der Waals surface area contributed by atoms with E-state index in [4.69, 9.17) is 27.7 Å². The lowest BCUT2D eigenvalue weighted by molar-refractivity contribution is -0.684. The summed E-state index contributed by atoms with van der Waals surface area (Å²) in [4.78, 5) is 18.9. The molecule has 2 atom stereocenters. The van der Waals surface area contributed by atoms with Gasteiger partial charge in [0.15, 0.2) is 18.4 Å². The van der Waals surface area contributed by atoms with Crippen molar-refractivity contribution >= 4 is 43.7 Å². The third kappa shape index (κ3) is 7.99. The van der Waals surface area contributed by atoms with Crippen LogP contribution in [0, 0.1) is 11.8 Å². The Balaban J connectivity index is 2.07. The van der Waals surface area contributed by atoms with Crippen molar-refractivity contribution in [1.82, 2.24) is 0 Å². The molecule has 0 saturated carbocycles. The van der Waals surface area contributed by atoms with Gasteiger partial charge in [0, 0.05) is 29.7 Å². The molecule has 17 heteroatoms. The third-order valence-corrected chi connectivity index (χ3v) is 7.51. The number of nitrogens with zero attached hydrogens (tertiary/aromatic N) is 3. The smallest absolute Gasteiger partial charge is 0.304 e. The second-order valence-corrected chi connectivity index (χ2v) is 11.3. The summed E-state index contributed by atoms with van der Waals surface area (Å²) in [5.74, 6) is 4.48. The van der Waals surface area contributed by atoms with Crippen LogP contribution in [0.25, 0.3) is 11.1 Å². The van der Waals surface area contributed by atoms with Gasteiger partial charge in [0.05, 0.1) is 11.9 Å². The zero-order valence-corrected chi connectivity index (χ0v) is 21.6. The minimum absolute atomic E-state index is 0.0183. The summed E-state index contributed by atoms with van der Waals surface area (Å²) >= 11 is 0. The molecule has 2 heterocycles. The Morgan fingerprint density at radius 3 is 2.26 bits per heavy atom. The van der Waals surface area contributed by atoms with Gasteiger partial charge in [0.2, 0.25) is 17.9 Å². The molecule has 0 aliphatic carbocycles. The molecular weight excluding hydrogens is 554 g/mol. The Labute approximate surface area is 223 Å². The number of aromatic nitrogens is 1. The van der Waals surface area contributed by atoms with Gasteiger partial charge < -0.3 is 27.7 Å². The summed E-state index contributed by atoms with van der Waals surface area (Å²) in [6, 6.07) is 8.21. The van der Waals surface area contributed by atoms with E-state index in [0.717, 1.165) is 6.26 Å². The first-order chi connectivity index (χ1) is 18.1. The summed E-state index contributed by atoms with van der Waals surface area (Å²) < 4.78 is 71.8. The van der Waals surface area contributed by atoms with Gasteiger partial charge in [-0.1, -0.05) is 17.9 Å². The van der Waals surface area contributed by atoms with E-state index >= 15 is 0 Å². The highest BCUT2D eigenvalue weighted by Gasteiger charge is 2.44. The monoisotopic (exact) mass is 578 g/mol. The Kier molecular flexibility index (Phi) is 8.56. The van der Waals surface area contributed by atoms with Gasteiger partial charge in [-0.3, -0.25) is 13.9 Å². The van der Waals surface area contributed by atoms with Crippen molar-refractivity contribution in [2.75, 3.05) is 0 Å². The standard InChI is InChI=1S/C22H23N7O8S2/c23-19(30)11-29-7-5-14(6-8-29)17-4-3-16(27-22(26)28-21(24)25)10-15(17)2-1-13-9-18(38(31,32)33)20(37-12-13)39(34,35)36/h3-8,10,12,18,20H,9,11H2,(H9,23,24,25,26,28,30,31,32,33,34,35,36)/p+1/t18-,20-/m1/s1. The molecule has 0 saturated heterocycles. The van der Waals surface area contributed by atoms with Crippen LogP contribution >= 0.6 is 0 Å². The maximum Gasteiger partial charge on any atom is 0.304 e. The van der Waals surface area contributed by atoms with E-state index in [1.165, 1.54) is 6.07 Å². The van der Waals surface area contributed by atoms with Crippen LogP contribution in [0.1, 0.15) is 12.0 Å². The van der Waals surface area contributed by atoms with Crippen molar-refractivity contribution in [3.05, 3.63) is 60.1 Å². The van der Waals surface area contributed by atoms with Crippen molar-refractivity contribution in [1.29, 1.82) is 0 Å². The average molecular weight is 579 g/mol. The van der Waals surface area contributed by atoms with Gasteiger partial charge in [0.25, 0.3) is 16.0 Å². The van der Waals surface area contributed by atoms with Crippen LogP contribution in [0.2, 0.25) is 0 Å². The molecule has 1 aliphatic rings. The quantitative estimate of drug-likeness (QED) is 0.0752. The van der Waals surface area contributed by atoms with Gasteiger partial charge in [-0.2, -0.15) is 26.4 Å². The summed E-state index contributed by atoms with van der Waals surface area (Å²) in [5, 5.41) is -2.01. The average Bonchev–Trinajstić information content (AvgIpc) is 2.81. The van der Waals surface area contributed by atoms with Crippen molar-refractivity contribution in [2.24, 2.45) is 32.9 Å². The number of amides is 1. The number of pyridine rings is 1. The lowest BCUT2D eigenvalue weighted by Crippen LogP contribution is -2.42. The normalized spacial score (nSPS) is 17.7. The molecule has 0 fully saturated rings. The number of carbonyl (C=O) groups excluding carboxylic acids is 1. The van der Waals surface area contributed by atoms with E-state index in [1.807, 2.05) is 0 Å². The molecule has 0 bridgehead atoms. The van der Waals surface area contributed by atoms with E-state index < -0.39 is 43.3 Å². The van der Waals surface area contributed by atoms with Crippen molar-refractivity contribution in [3.63, 3.8) is 0 Å². The fraction of sp³-hybridized carbons (Fsp3) is 0.182. The Bertz CT molecular complexity index is 1650. The molecule has 0 unspecified atom stereocenters. The first kappa shape index (κ1) is 29.1. The topological polar surface area (TPSA) is 268 Å². The van der Waals surface area contributed by atoms with Gasteiger partial charge >= 0.3 is 10.1 Å². The summed E-state index contributed by atoms with van der Waals surface area (Å²) in [5.41, 5.74) is 21.3. The SMILES string of the molecule is NC(=O)C[n+]1ccc(-c2ccc(N=C(N)N=C(N)N)cc2C#CC2=CO[C@H](S(=O)(=O)O)[C@H](S(=O)(=O)O)C2)cc1. The predicted octanol–water partition coefficient (Wildman–Crippen LogP) is -1.53. The van der Waals surface area contributed by atoms with E-state index in [0.29, 0.717) is 22.4 Å². The summed E-state index contributed by atoms with van der Waals surface area (Å²) in [7, 11) is -9.91. The molecule has 1 amide bonds. The molecule has 1 aromatic carbocycles. The highest BCUT2D eigenvalue weighted by molar-refractivity contribution is 7.90. The zero-order chi connectivity index (χ0) is 29.0. The molecule has 1 aromatic heterocycles. The summed E-state index contributed by atoms with van der Waals surface area (Å²) in [6.07, 6.45) is 3.59. The predicted molar refractivity (Wildman–Crippen MR) is 140 cm³/mol. The number of hydrogen-bond donors (Lipinski definition) is 6. The van der Waals surface area contributed by atoms with Crippen LogP contribution in [0.15, 0.2) is 64.5 Å². The van der Waals surface area contributed by atoms with Crippen LogP contribution in [0.3, 0.4) is 0 Å². The number of rotatable bonds is 6. The minimum atomic E-state index is -4.97. The lowest BCUT2D eigenvalue weighted by atomic mass is 9.99. The number of guanidine groups is 2. The van der Waals surface area contributed by atoms with Crippen LogP contribution in [-0.2, 0) is 36.3 Å². The highest BCUT2D eigenvalue weighted by atomic mass is 32.2. The zero-order valence-electron chi connectivity index (χ0n) is 20.0. The third-order valence-electron chi connectivity index (χ3n) is 5.13. The first-order valence-electron chi connectivity index (χ1n) is 10.8. The molecule has 0 radical (unpaired) electrons. The fourth-order valence-corrected chi connectivity index (χ4v) is 5.76. The van der Waals surface area contributed by atoms with Crippen LogP contribution in [0.4, 0.5) is 5.69 Å². The number of aliphatic imine (C=N–C) groups is 2. The first-order valence-corrected chi connectivity index (χ1v) is 13.8. The molecule has 39 heavy (non-hydrogen) atoms. The Hall–Kier alpha value is -4.50. The molecular formula is C22H24N7O8S2+. The van der Waals surface area contributed by atoms with Crippen LogP contribution in [-0.4, -0.2) is 54.5 Å². The molecule has 2 aromatic rings. The maximum atomic E-state index is 11.8. The minimum Gasteiger partial charge on any atom is -0.477 e. The number of carbonyl (C=O) groups is 1. The van der Waals surface area contributed by atoms with Crippen molar-refractivity contribution in [3.8, 4) is 23.0 Å². The maximum absolute atomic E-state index is 11.8. The van der Waals surface area contributed by atoms with Gasteiger partial charge in [-0.05, 0) is 23.3 Å². The molecule has 206 valence electrons. The van der Waals surface area contributed by atoms with E-state index in [2.05, 4.69) is 21.8 Å². The Morgan fingerprint density at radius 1 is 1.03 bits per heavy atom. The number of primary amides is 1. The largest absolute Gasteiger partial charge is 0.477 e. The summed E-state index contributed by atoms with van der Waals surface area (Å²) in [6.45, 7) is -0.0295. The number of nitrogens with two attached hydrogens (primary N) is 4. The van der Waals surface area contributed by atoms with Crippen LogP contribution in [0.5, 0.6) is 0 Å². The number of hydrogen-bond acceptors (Lipinski definition) is 7.